The van der Waals surface area contributed by atoms with Gasteiger partial charge in [0.15, 0.2) is 0 Å². The summed E-state index contributed by atoms with van der Waals surface area (Å²) in [4.78, 5) is 12.2. The van der Waals surface area contributed by atoms with Gasteiger partial charge < -0.3 is 10.6 Å². The molecule has 2 unspecified atom stereocenters. The summed E-state index contributed by atoms with van der Waals surface area (Å²) in [6.07, 6.45) is 5.25. The van der Waals surface area contributed by atoms with Crippen molar-refractivity contribution in [1.82, 2.24) is 10.6 Å². The molecule has 0 radical (unpaired) electrons. The molecular weight excluding hydrogens is 260 g/mol. The second-order valence-electron chi connectivity index (χ2n) is 5.45. The fraction of sp³-hybridized carbons (Fsp3) is 0.533. The number of rotatable bonds is 2. The number of aryl methyl sites for hydroxylation is 1. The maximum absolute atomic E-state index is 12.2. The highest BCUT2D eigenvalue weighted by molar-refractivity contribution is 6.30. The Kier molecular flexibility index (Phi) is 3.76. The summed E-state index contributed by atoms with van der Waals surface area (Å²) < 4.78 is 0. The lowest BCUT2D eigenvalue weighted by atomic mass is 10.0. The molecule has 0 saturated carbocycles. The number of piperidine rings is 1. The molecule has 1 aromatic carbocycles. The van der Waals surface area contributed by atoms with Crippen LogP contribution in [0.2, 0.25) is 5.02 Å². The van der Waals surface area contributed by atoms with Gasteiger partial charge in [0.05, 0.1) is 12.1 Å². The van der Waals surface area contributed by atoms with Crippen molar-refractivity contribution in [2.75, 3.05) is 6.54 Å². The average molecular weight is 279 g/mol. The van der Waals surface area contributed by atoms with Crippen LogP contribution in [-0.4, -0.2) is 18.5 Å². The second kappa shape index (κ2) is 5.51. The second-order valence-corrected chi connectivity index (χ2v) is 5.88. The molecule has 1 aliphatic carbocycles. The van der Waals surface area contributed by atoms with E-state index >= 15 is 0 Å². The van der Waals surface area contributed by atoms with E-state index in [1.54, 1.807) is 0 Å². The van der Waals surface area contributed by atoms with E-state index in [0.717, 1.165) is 37.3 Å². The number of hydrogen-bond acceptors (Lipinski definition) is 2. The van der Waals surface area contributed by atoms with Gasteiger partial charge in [-0.1, -0.05) is 24.1 Å². The van der Waals surface area contributed by atoms with Crippen LogP contribution in [0.15, 0.2) is 18.2 Å². The third kappa shape index (κ3) is 2.77. The summed E-state index contributed by atoms with van der Waals surface area (Å²) in [5.74, 6) is 0.146. The lowest BCUT2D eigenvalue weighted by molar-refractivity contribution is -0.124. The first-order valence-electron chi connectivity index (χ1n) is 7.06. The Bertz CT molecular complexity index is 483. The van der Waals surface area contributed by atoms with Crippen LogP contribution in [0.1, 0.15) is 42.9 Å². The van der Waals surface area contributed by atoms with Gasteiger partial charge in [-0.15, -0.1) is 0 Å². The molecule has 3 nitrogen and oxygen atoms in total. The summed E-state index contributed by atoms with van der Waals surface area (Å²) in [5.41, 5.74) is 2.50. The van der Waals surface area contributed by atoms with E-state index in [4.69, 9.17) is 11.6 Å². The topological polar surface area (TPSA) is 41.1 Å². The monoisotopic (exact) mass is 278 g/mol. The molecule has 1 aromatic rings. The van der Waals surface area contributed by atoms with Crippen molar-refractivity contribution in [2.24, 2.45) is 0 Å². The van der Waals surface area contributed by atoms with Crippen molar-refractivity contribution < 1.29 is 4.79 Å². The van der Waals surface area contributed by atoms with Gasteiger partial charge in [0.25, 0.3) is 0 Å². The van der Waals surface area contributed by atoms with Crippen LogP contribution in [0.25, 0.3) is 0 Å². The highest BCUT2D eigenvalue weighted by Crippen LogP contribution is 2.32. The van der Waals surface area contributed by atoms with Crippen LogP contribution in [0.5, 0.6) is 0 Å². The molecule has 2 aliphatic rings. The highest BCUT2D eigenvalue weighted by Gasteiger charge is 2.27. The number of carbonyl (C=O) groups is 1. The molecule has 2 atom stereocenters. The van der Waals surface area contributed by atoms with Crippen molar-refractivity contribution in [1.29, 1.82) is 0 Å². The molecule has 4 heteroatoms. The van der Waals surface area contributed by atoms with Gasteiger partial charge in [0.2, 0.25) is 5.91 Å². The number of nitrogens with one attached hydrogen (secondary N) is 2. The minimum atomic E-state index is -0.00917. The third-order valence-electron chi connectivity index (χ3n) is 4.13. The predicted molar refractivity (Wildman–Crippen MR) is 76.3 cm³/mol. The molecule has 1 heterocycles. The van der Waals surface area contributed by atoms with Gasteiger partial charge in [-0.2, -0.15) is 0 Å². The zero-order valence-electron chi connectivity index (χ0n) is 10.9. The van der Waals surface area contributed by atoms with Crippen molar-refractivity contribution in [3.63, 3.8) is 0 Å². The molecule has 19 heavy (non-hydrogen) atoms. The first kappa shape index (κ1) is 12.9. The van der Waals surface area contributed by atoms with Crippen LogP contribution in [0.3, 0.4) is 0 Å². The number of halogens is 1. The van der Waals surface area contributed by atoms with E-state index in [-0.39, 0.29) is 18.0 Å². The zero-order valence-corrected chi connectivity index (χ0v) is 11.7. The minimum Gasteiger partial charge on any atom is -0.348 e. The molecule has 0 spiro atoms. The van der Waals surface area contributed by atoms with E-state index in [1.807, 2.05) is 18.2 Å². The van der Waals surface area contributed by atoms with Crippen molar-refractivity contribution in [3.8, 4) is 0 Å². The summed E-state index contributed by atoms with van der Waals surface area (Å²) in [6.45, 7) is 0.953. The molecule has 102 valence electrons. The van der Waals surface area contributed by atoms with Gasteiger partial charge in [-0.3, -0.25) is 4.79 Å². The van der Waals surface area contributed by atoms with E-state index in [1.165, 1.54) is 17.5 Å². The van der Waals surface area contributed by atoms with Crippen LogP contribution in [0.4, 0.5) is 0 Å². The molecule has 1 aliphatic heterocycles. The summed E-state index contributed by atoms with van der Waals surface area (Å²) in [5, 5.41) is 7.25. The fourth-order valence-corrected chi connectivity index (χ4v) is 3.28. The molecule has 1 fully saturated rings. The number of carbonyl (C=O) groups excluding carboxylic acids is 1. The van der Waals surface area contributed by atoms with Gasteiger partial charge >= 0.3 is 0 Å². The first-order valence-corrected chi connectivity index (χ1v) is 7.44. The lowest BCUT2D eigenvalue weighted by Crippen LogP contribution is -2.47. The Balaban J connectivity index is 1.67. The molecule has 1 amide bonds. The molecule has 0 bridgehead atoms. The molecular formula is C15H19ClN2O. The van der Waals surface area contributed by atoms with Gasteiger partial charge in [0.1, 0.15) is 0 Å². The van der Waals surface area contributed by atoms with Gasteiger partial charge in [0, 0.05) is 5.02 Å². The van der Waals surface area contributed by atoms with Crippen molar-refractivity contribution >= 4 is 17.5 Å². The Morgan fingerprint density at radius 3 is 3.00 bits per heavy atom. The van der Waals surface area contributed by atoms with E-state index in [0.29, 0.717) is 0 Å². The quantitative estimate of drug-likeness (QED) is 0.873. The van der Waals surface area contributed by atoms with E-state index < -0.39 is 0 Å². The Morgan fingerprint density at radius 2 is 2.21 bits per heavy atom. The fourth-order valence-electron chi connectivity index (χ4n) is 3.08. The van der Waals surface area contributed by atoms with Crippen LogP contribution in [-0.2, 0) is 11.2 Å². The van der Waals surface area contributed by atoms with Crippen molar-refractivity contribution in [3.05, 3.63) is 34.3 Å². The Hall–Kier alpha value is -1.06. The summed E-state index contributed by atoms with van der Waals surface area (Å²) in [7, 11) is 0. The molecule has 2 N–H and O–H groups in total. The smallest absolute Gasteiger partial charge is 0.237 e. The van der Waals surface area contributed by atoms with Crippen LogP contribution >= 0.6 is 11.6 Å². The average Bonchev–Trinajstić information content (AvgIpc) is 2.82. The minimum absolute atomic E-state index is 0.00917. The maximum atomic E-state index is 12.2. The molecule has 0 aromatic heterocycles. The highest BCUT2D eigenvalue weighted by atomic mass is 35.5. The van der Waals surface area contributed by atoms with Crippen LogP contribution in [0, 0.1) is 0 Å². The number of amides is 1. The largest absolute Gasteiger partial charge is 0.348 e. The predicted octanol–water partition coefficient (Wildman–Crippen LogP) is 2.59. The van der Waals surface area contributed by atoms with E-state index in [9.17, 15) is 4.79 Å². The van der Waals surface area contributed by atoms with Crippen molar-refractivity contribution in [2.45, 2.75) is 44.2 Å². The zero-order chi connectivity index (χ0) is 13.2. The molecule has 1 saturated heterocycles. The lowest BCUT2D eigenvalue weighted by Gasteiger charge is -2.24. The number of hydrogen-bond donors (Lipinski definition) is 2. The summed E-state index contributed by atoms with van der Waals surface area (Å²) >= 11 is 6.00. The standard InChI is InChI=1S/C15H19ClN2O/c16-11-5-6-12-10(9-11)4-7-13(12)18-15(19)14-3-1-2-8-17-14/h5-6,9,13-14,17H,1-4,7-8H2,(H,18,19). The Labute approximate surface area is 118 Å². The summed E-state index contributed by atoms with van der Waals surface area (Å²) in [6, 6.07) is 6.11. The van der Waals surface area contributed by atoms with E-state index in [2.05, 4.69) is 10.6 Å². The Morgan fingerprint density at radius 1 is 1.32 bits per heavy atom. The normalized spacial score (nSPS) is 25.9. The number of fused-ring (bicyclic) bond motifs is 1. The SMILES string of the molecule is O=C(NC1CCc2cc(Cl)ccc21)C1CCCCN1. The first-order chi connectivity index (χ1) is 9.24. The maximum Gasteiger partial charge on any atom is 0.237 e. The van der Waals surface area contributed by atoms with Crippen LogP contribution < -0.4 is 10.6 Å². The third-order valence-corrected chi connectivity index (χ3v) is 4.36. The number of benzene rings is 1. The van der Waals surface area contributed by atoms with Gasteiger partial charge in [-0.05, 0) is 55.5 Å². The molecule has 3 rings (SSSR count). The van der Waals surface area contributed by atoms with Gasteiger partial charge in [-0.25, -0.2) is 0 Å².